The number of carbonyl (C=O) groups excluding carboxylic acids is 2. The average molecular weight is 628 g/mol. The molecule has 0 N–H and O–H groups in total. The Hall–Kier alpha value is -4.64. The summed E-state index contributed by atoms with van der Waals surface area (Å²) in [6.07, 6.45) is 2.88. The smallest absolute Gasteiger partial charge is 0.414 e. The fraction of sp³-hybridized carbons (Fsp3) is 0.429. The minimum absolute atomic E-state index is 0.00753. The number of aryl methyl sites for hydroxylation is 2. The highest BCUT2D eigenvalue weighted by molar-refractivity contribution is 5.94. The third-order valence-corrected chi connectivity index (χ3v) is 8.54. The van der Waals surface area contributed by atoms with E-state index in [4.69, 9.17) is 4.74 Å². The van der Waals surface area contributed by atoms with Crippen LogP contribution in [-0.4, -0.2) is 88.3 Å². The Kier molecular flexibility index (Phi) is 8.99. The van der Waals surface area contributed by atoms with Crippen molar-refractivity contribution in [2.75, 3.05) is 50.6 Å². The quantitative estimate of drug-likeness (QED) is 0.303. The van der Waals surface area contributed by atoms with Gasteiger partial charge in [0.2, 0.25) is 0 Å². The highest BCUT2D eigenvalue weighted by atomic mass is 16.6. The van der Waals surface area contributed by atoms with Crippen LogP contribution in [0.1, 0.15) is 49.3 Å². The number of nitrogens with zero attached hydrogens (tertiary/aromatic N) is 7. The zero-order valence-electron chi connectivity index (χ0n) is 28.4. The van der Waals surface area contributed by atoms with Crippen LogP contribution in [0.5, 0.6) is 0 Å². The number of aromatic nitrogens is 3. The average Bonchev–Trinajstić information content (AvgIpc) is 3.31. The summed E-state index contributed by atoms with van der Waals surface area (Å²) >= 11 is 0. The number of amides is 2. The summed E-state index contributed by atoms with van der Waals surface area (Å²) in [6.45, 7) is 13.1. The molecule has 5 rings (SSSR count). The molecule has 11 nitrogen and oxygen atoms in total. The molecule has 3 aromatic heterocycles. The van der Waals surface area contributed by atoms with E-state index in [1.54, 1.807) is 69.8 Å². The third-order valence-electron chi connectivity index (χ3n) is 8.54. The highest BCUT2D eigenvalue weighted by Gasteiger charge is 2.27. The van der Waals surface area contributed by atoms with Gasteiger partial charge in [-0.3, -0.25) is 24.0 Å². The Bertz CT molecular complexity index is 1830. The molecule has 244 valence electrons. The second-order valence-electron chi connectivity index (χ2n) is 13.4. The molecule has 0 radical (unpaired) electrons. The Balaban J connectivity index is 1.34. The van der Waals surface area contributed by atoms with Crippen LogP contribution < -0.4 is 15.4 Å². The SMILES string of the molecule is Cc1cc(C(=O)N(C)C)ccc1N1CCN(Cc2cc3c(-n4ccc(N(C)C(=O)OC(C)(C)C)cc4=O)ccnc3n2C)[C@H](C)C1. The summed E-state index contributed by atoms with van der Waals surface area (Å²) in [4.78, 5) is 50.8. The zero-order chi connectivity index (χ0) is 33.5. The lowest BCUT2D eigenvalue weighted by atomic mass is 10.1. The van der Waals surface area contributed by atoms with Gasteiger partial charge in [0.1, 0.15) is 11.2 Å². The summed E-state index contributed by atoms with van der Waals surface area (Å²) in [6, 6.07) is 13.4. The molecule has 0 bridgehead atoms. The van der Waals surface area contributed by atoms with Gasteiger partial charge in [0.05, 0.1) is 11.4 Å². The molecule has 0 aliphatic carbocycles. The van der Waals surface area contributed by atoms with Gasteiger partial charge >= 0.3 is 6.09 Å². The molecule has 1 aliphatic rings. The molecule has 0 spiro atoms. The fourth-order valence-electron chi connectivity index (χ4n) is 5.99. The number of anilines is 2. The minimum atomic E-state index is -0.640. The first-order valence-corrected chi connectivity index (χ1v) is 15.6. The number of fused-ring (bicyclic) bond motifs is 1. The van der Waals surface area contributed by atoms with E-state index in [-0.39, 0.29) is 11.5 Å². The molecule has 2 amide bonds. The summed E-state index contributed by atoms with van der Waals surface area (Å²) in [5, 5.41) is 0.879. The number of piperazine rings is 1. The summed E-state index contributed by atoms with van der Waals surface area (Å²) in [5.41, 5.74) is 5.14. The van der Waals surface area contributed by atoms with Crippen LogP contribution in [0.25, 0.3) is 16.7 Å². The van der Waals surface area contributed by atoms with Gasteiger partial charge in [0.15, 0.2) is 0 Å². The zero-order valence-corrected chi connectivity index (χ0v) is 28.4. The topological polar surface area (TPSA) is 96.2 Å². The van der Waals surface area contributed by atoms with Crippen molar-refractivity contribution in [1.82, 2.24) is 23.9 Å². The van der Waals surface area contributed by atoms with Crippen LogP contribution in [-0.2, 0) is 18.3 Å². The van der Waals surface area contributed by atoms with Crippen LogP contribution >= 0.6 is 0 Å². The molecule has 0 saturated carbocycles. The molecular weight excluding hydrogens is 582 g/mol. The van der Waals surface area contributed by atoms with Gasteiger partial charge in [0, 0.05) is 101 Å². The Morgan fingerprint density at radius 1 is 1.02 bits per heavy atom. The second-order valence-corrected chi connectivity index (χ2v) is 13.4. The molecule has 0 unspecified atom stereocenters. The van der Waals surface area contributed by atoms with E-state index >= 15 is 0 Å². The molecule has 1 aromatic carbocycles. The summed E-state index contributed by atoms with van der Waals surface area (Å²) in [7, 11) is 7.14. The molecule has 46 heavy (non-hydrogen) atoms. The fourth-order valence-corrected chi connectivity index (χ4v) is 5.99. The largest absolute Gasteiger partial charge is 0.443 e. The van der Waals surface area contributed by atoms with E-state index in [1.807, 2.05) is 25.2 Å². The number of benzene rings is 1. The third kappa shape index (κ3) is 6.64. The monoisotopic (exact) mass is 627 g/mol. The van der Waals surface area contributed by atoms with Crippen LogP contribution in [0, 0.1) is 6.92 Å². The van der Waals surface area contributed by atoms with Crippen LogP contribution in [0.3, 0.4) is 0 Å². The van der Waals surface area contributed by atoms with E-state index in [1.165, 1.54) is 11.0 Å². The molecule has 1 saturated heterocycles. The van der Waals surface area contributed by atoms with E-state index in [0.29, 0.717) is 17.3 Å². The molecular formula is C35H45N7O4. The standard InChI is InChI=1S/C35H45N7O4/c1-23-18-25(33(44)37(6)7)10-11-29(23)41-17-16-40(24(2)21-41)22-27-19-28-30(12-14-36-32(28)38(27)8)42-15-13-26(20-31(42)43)39(9)34(45)46-35(3,4)5/h10-15,18-20,24H,16-17,21-22H2,1-9H3/t24-/m1/s1. The van der Waals surface area contributed by atoms with Crippen molar-refractivity contribution < 1.29 is 14.3 Å². The molecule has 1 aliphatic heterocycles. The molecule has 4 aromatic rings. The van der Waals surface area contributed by atoms with Gasteiger partial charge in [-0.05, 0) is 76.6 Å². The first-order chi connectivity index (χ1) is 21.6. The van der Waals surface area contributed by atoms with E-state index in [0.717, 1.165) is 59.8 Å². The number of pyridine rings is 2. The lowest BCUT2D eigenvalue weighted by Crippen LogP contribution is -2.51. The van der Waals surface area contributed by atoms with Crippen LogP contribution in [0.15, 0.2) is 59.7 Å². The van der Waals surface area contributed by atoms with Crippen molar-refractivity contribution in [2.45, 2.75) is 52.8 Å². The molecule has 1 atom stereocenters. The first-order valence-electron chi connectivity index (χ1n) is 15.6. The predicted molar refractivity (Wildman–Crippen MR) is 182 cm³/mol. The van der Waals surface area contributed by atoms with E-state index < -0.39 is 11.7 Å². The van der Waals surface area contributed by atoms with Gasteiger partial charge in [-0.25, -0.2) is 9.78 Å². The highest BCUT2D eigenvalue weighted by Crippen LogP contribution is 2.28. The van der Waals surface area contributed by atoms with Crippen molar-refractivity contribution in [3.63, 3.8) is 0 Å². The van der Waals surface area contributed by atoms with Gasteiger partial charge in [-0.1, -0.05) is 0 Å². The van der Waals surface area contributed by atoms with Crippen molar-refractivity contribution in [1.29, 1.82) is 0 Å². The maximum absolute atomic E-state index is 13.3. The number of hydrogen-bond donors (Lipinski definition) is 0. The maximum atomic E-state index is 13.3. The Morgan fingerprint density at radius 3 is 2.39 bits per heavy atom. The van der Waals surface area contributed by atoms with Crippen molar-refractivity contribution >= 4 is 34.4 Å². The van der Waals surface area contributed by atoms with Crippen LogP contribution in [0.4, 0.5) is 16.2 Å². The summed E-state index contributed by atoms with van der Waals surface area (Å²) < 4.78 is 9.13. The number of carbonyl (C=O) groups is 2. The Labute approximate surface area is 270 Å². The predicted octanol–water partition coefficient (Wildman–Crippen LogP) is 4.82. The Morgan fingerprint density at radius 2 is 1.76 bits per heavy atom. The maximum Gasteiger partial charge on any atom is 0.414 e. The van der Waals surface area contributed by atoms with E-state index in [2.05, 4.69) is 45.3 Å². The minimum Gasteiger partial charge on any atom is -0.443 e. The van der Waals surface area contributed by atoms with Gasteiger partial charge in [-0.15, -0.1) is 0 Å². The van der Waals surface area contributed by atoms with Crippen molar-refractivity contribution in [2.24, 2.45) is 7.05 Å². The molecule has 4 heterocycles. The van der Waals surface area contributed by atoms with Gasteiger partial charge in [0.25, 0.3) is 11.5 Å². The van der Waals surface area contributed by atoms with Gasteiger partial charge < -0.3 is 19.1 Å². The van der Waals surface area contributed by atoms with Crippen molar-refractivity contribution in [3.05, 3.63) is 82.0 Å². The lowest BCUT2D eigenvalue weighted by molar-refractivity contribution is 0.0589. The normalized spacial score (nSPS) is 15.7. The van der Waals surface area contributed by atoms with Crippen LogP contribution in [0.2, 0.25) is 0 Å². The lowest BCUT2D eigenvalue weighted by Gasteiger charge is -2.41. The van der Waals surface area contributed by atoms with E-state index in [9.17, 15) is 14.4 Å². The second kappa shape index (κ2) is 12.6. The first kappa shape index (κ1) is 32.7. The number of hydrogen-bond acceptors (Lipinski definition) is 7. The van der Waals surface area contributed by atoms with Gasteiger partial charge in [-0.2, -0.15) is 0 Å². The molecule has 1 fully saturated rings. The summed E-state index contributed by atoms with van der Waals surface area (Å²) in [5.74, 6) is 0.00753. The number of rotatable bonds is 6. The molecule has 11 heteroatoms. The number of ether oxygens (including phenoxy) is 1. The van der Waals surface area contributed by atoms with Crippen molar-refractivity contribution in [3.8, 4) is 5.69 Å².